The van der Waals surface area contributed by atoms with E-state index in [0.29, 0.717) is 5.69 Å². The molecule has 4 rings (SSSR count). The number of imidazole rings is 1. The van der Waals surface area contributed by atoms with E-state index in [0.717, 1.165) is 0 Å². The zero-order valence-corrected chi connectivity index (χ0v) is 15.6. The van der Waals surface area contributed by atoms with E-state index in [2.05, 4.69) is 15.1 Å². The van der Waals surface area contributed by atoms with Crippen LogP contribution < -0.4 is 0 Å². The highest BCUT2D eigenvalue weighted by atomic mass is 19.4. The Hall–Kier alpha value is -2.78. The fourth-order valence-electron chi connectivity index (χ4n) is 3.57. The molecular formula is C20H18F6N4. The van der Waals surface area contributed by atoms with Gasteiger partial charge in [0.15, 0.2) is 0 Å². The van der Waals surface area contributed by atoms with Crippen LogP contribution in [0.4, 0.5) is 26.3 Å². The summed E-state index contributed by atoms with van der Waals surface area (Å²) in [5.41, 5.74) is -0.908. The summed E-state index contributed by atoms with van der Waals surface area (Å²) in [7, 11) is 0. The molecule has 1 aliphatic rings. The number of hydrogen-bond acceptors (Lipinski definition) is 2. The molecule has 0 spiro atoms. The molecule has 0 amide bonds. The second kappa shape index (κ2) is 7.17. The molecule has 0 radical (unpaired) electrons. The Kier molecular flexibility index (Phi) is 4.90. The van der Waals surface area contributed by atoms with Gasteiger partial charge in [-0.05, 0) is 36.6 Å². The minimum absolute atomic E-state index is 0.0152. The monoisotopic (exact) mass is 428 g/mol. The summed E-state index contributed by atoms with van der Waals surface area (Å²) in [6.45, 7) is 0. The smallest absolute Gasteiger partial charge is 0.346 e. The maximum absolute atomic E-state index is 13.7. The van der Waals surface area contributed by atoms with Gasteiger partial charge in [0.2, 0.25) is 0 Å². The van der Waals surface area contributed by atoms with E-state index in [4.69, 9.17) is 0 Å². The number of nitrogens with one attached hydrogen (secondary N) is 1. The first-order valence-corrected chi connectivity index (χ1v) is 9.34. The lowest BCUT2D eigenvalue weighted by molar-refractivity contribution is -0.186. The Labute approximate surface area is 167 Å². The van der Waals surface area contributed by atoms with Gasteiger partial charge in [-0.15, -0.1) is 0 Å². The lowest BCUT2D eigenvalue weighted by atomic mass is 9.94. The van der Waals surface area contributed by atoms with Crippen molar-refractivity contribution in [3.8, 4) is 5.69 Å². The molecule has 4 nitrogen and oxygen atoms in total. The van der Waals surface area contributed by atoms with E-state index >= 15 is 0 Å². The minimum atomic E-state index is -4.54. The van der Waals surface area contributed by atoms with Gasteiger partial charge < -0.3 is 4.98 Å². The summed E-state index contributed by atoms with van der Waals surface area (Å²) in [5.74, 6) is -1.82. The molecule has 0 saturated heterocycles. The zero-order valence-electron chi connectivity index (χ0n) is 15.6. The number of benzene rings is 1. The van der Waals surface area contributed by atoms with Crippen LogP contribution in [0.25, 0.3) is 5.69 Å². The number of hydrogen-bond donors (Lipinski definition) is 1. The van der Waals surface area contributed by atoms with E-state index < -0.39 is 30.1 Å². The maximum Gasteiger partial charge on any atom is 0.396 e. The number of alkyl halides is 6. The quantitative estimate of drug-likeness (QED) is 0.537. The van der Waals surface area contributed by atoms with E-state index in [-0.39, 0.29) is 36.3 Å². The third-order valence-electron chi connectivity index (χ3n) is 5.52. The molecule has 2 heterocycles. The number of aromatic amines is 1. The molecule has 160 valence electrons. The molecule has 1 saturated carbocycles. The van der Waals surface area contributed by atoms with Crippen molar-refractivity contribution in [1.29, 1.82) is 0 Å². The van der Waals surface area contributed by atoms with Gasteiger partial charge in [0.1, 0.15) is 5.82 Å². The van der Waals surface area contributed by atoms with E-state index in [1.165, 1.54) is 35.1 Å². The molecule has 3 aromatic rings. The van der Waals surface area contributed by atoms with Gasteiger partial charge in [0.05, 0.1) is 17.0 Å². The lowest BCUT2D eigenvalue weighted by Crippen LogP contribution is -2.26. The van der Waals surface area contributed by atoms with Gasteiger partial charge in [-0.3, -0.25) is 0 Å². The number of rotatable bonds is 6. The molecule has 1 fully saturated rings. The third-order valence-corrected chi connectivity index (χ3v) is 5.52. The van der Waals surface area contributed by atoms with Crippen LogP contribution >= 0.6 is 0 Å². The normalized spacial score (nSPS) is 17.1. The van der Waals surface area contributed by atoms with Crippen LogP contribution in [-0.2, 0) is 12.8 Å². The first kappa shape index (κ1) is 20.5. The van der Waals surface area contributed by atoms with Gasteiger partial charge in [0, 0.05) is 37.1 Å². The van der Waals surface area contributed by atoms with Crippen LogP contribution in [0.3, 0.4) is 0 Å². The molecule has 2 aromatic heterocycles. The van der Waals surface area contributed by atoms with Crippen LogP contribution in [-0.4, -0.2) is 32.1 Å². The molecule has 30 heavy (non-hydrogen) atoms. The van der Waals surface area contributed by atoms with Gasteiger partial charge >= 0.3 is 12.4 Å². The van der Waals surface area contributed by atoms with Crippen molar-refractivity contribution < 1.29 is 26.3 Å². The van der Waals surface area contributed by atoms with Crippen molar-refractivity contribution in [3.63, 3.8) is 0 Å². The maximum atomic E-state index is 13.7. The fourth-order valence-corrected chi connectivity index (χ4v) is 3.57. The fraction of sp³-hybridized carbons (Fsp3) is 0.400. The standard InChI is InChI=1S/C20H18F6N4/c21-19(22,23)16(13-2-4-15(5-3-13)30-9-1-8-28-30)10-17-27-12-14(29-17)11-18(6-7-18)20(24,25)26/h1-5,8-9,12,16H,6-7,10-11H2,(H,27,29). The summed E-state index contributed by atoms with van der Waals surface area (Å²) in [6, 6.07) is 7.53. The Morgan fingerprint density at radius 3 is 2.30 bits per heavy atom. The predicted octanol–water partition coefficient (Wildman–Crippen LogP) is 5.37. The molecule has 1 aromatic carbocycles. The van der Waals surface area contributed by atoms with Crippen LogP contribution in [0.1, 0.15) is 35.8 Å². The number of halogens is 6. The van der Waals surface area contributed by atoms with Crippen LogP contribution in [0, 0.1) is 5.41 Å². The largest absolute Gasteiger partial charge is 0.396 e. The molecule has 0 bridgehead atoms. The van der Waals surface area contributed by atoms with Crippen molar-refractivity contribution >= 4 is 0 Å². The number of aromatic nitrogens is 4. The molecule has 0 aliphatic heterocycles. The Balaban J connectivity index is 1.51. The van der Waals surface area contributed by atoms with Crippen molar-refractivity contribution in [2.75, 3.05) is 0 Å². The molecule has 1 atom stereocenters. The predicted molar refractivity (Wildman–Crippen MR) is 96.1 cm³/mol. The number of H-pyrrole nitrogens is 1. The Morgan fingerprint density at radius 2 is 1.77 bits per heavy atom. The van der Waals surface area contributed by atoms with Crippen molar-refractivity contribution in [3.05, 3.63) is 66.0 Å². The molecule has 1 N–H and O–H groups in total. The summed E-state index contributed by atoms with van der Waals surface area (Å²) in [6.07, 6.45) is -5.15. The second-order valence-electron chi connectivity index (χ2n) is 7.65. The topological polar surface area (TPSA) is 46.5 Å². The van der Waals surface area contributed by atoms with Gasteiger partial charge in [-0.25, -0.2) is 9.67 Å². The second-order valence-corrected chi connectivity index (χ2v) is 7.65. The summed E-state index contributed by atoms with van der Waals surface area (Å²) in [5, 5.41) is 4.03. The van der Waals surface area contributed by atoms with Crippen molar-refractivity contribution in [2.24, 2.45) is 5.41 Å². The van der Waals surface area contributed by atoms with Crippen molar-refractivity contribution in [2.45, 2.75) is 44.0 Å². The molecular weight excluding hydrogens is 410 g/mol. The average Bonchev–Trinajstić information content (AvgIpc) is 3.07. The van der Waals surface area contributed by atoms with E-state index in [1.807, 2.05) is 0 Å². The van der Waals surface area contributed by atoms with Crippen molar-refractivity contribution in [1.82, 2.24) is 19.7 Å². The summed E-state index contributed by atoms with van der Waals surface area (Å²) in [4.78, 5) is 6.57. The highest BCUT2D eigenvalue weighted by Gasteiger charge is 2.63. The molecule has 1 aliphatic carbocycles. The van der Waals surface area contributed by atoms with Crippen LogP contribution in [0.5, 0.6) is 0 Å². The highest BCUT2D eigenvalue weighted by molar-refractivity contribution is 5.36. The van der Waals surface area contributed by atoms with Crippen LogP contribution in [0.15, 0.2) is 48.9 Å². The minimum Gasteiger partial charge on any atom is -0.346 e. The first-order chi connectivity index (χ1) is 14.1. The molecule has 10 heteroatoms. The van der Waals surface area contributed by atoms with Gasteiger partial charge in [-0.1, -0.05) is 12.1 Å². The average molecular weight is 428 g/mol. The van der Waals surface area contributed by atoms with E-state index in [9.17, 15) is 26.3 Å². The van der Waals surface area contributed by atoms with Crippen LogP contribution in [0.2, 0.25) is 0 Å². The van der Waals surface area contributed by atoms with E-state index in [1.54, 1.807) is 18.5 Å². The summed E-state index contributed by atoms with van der Waals surface area (Å²) >= 11 is 0. The van der Waals surface area contributed by atoms with Gasteiger partial charge in [-0.2, -0.15) is 31.4 Å². The lowest BCUT2D eigenvalue weighted by Gasteiger charge is -2.20. The first-order valence-electron chi connectivity index (χ1n) is 9.34. The third kappa shape index (κ3) is 4.08. The zero-order chi connectivity index (χ0) is 21.6. The Bertz CT molecular complexity index is 982. The Morgan fingerprint density at radius 1 is 1.07 bits per heavy atom. The highest BCUT2D eigenvalue weighted by Crippen LogP contribution is 2.59. The summed E-state index contributed by atoms with van der Waals surface area (Å²) < 4.78 is 82.0. The molecule has 1 unspecified atom stereocenters. The number of nitrogens with zero attached hydrogens (tertiary/aromatic N) is 3. The van der Waals surface area contributed by atoms with Gasteiger partial charge in [0.25, 0.3) is 0 Å². The SMILES string of the molecule is FC(F)(F)C(Cc1ncc(CC2(C(F)(F)F)CC2)[nH]1)c1ccc(-n2cccn2)cc1.